The van der Waals surface area contributed by atoms with Gasteiger partial charge in [0, 0.05) is 11.6 Å². The lowest BCUT2D eigenvalue weighted by atomic mass is 10.1. The molecule has 0 radical (unpaired) electrons. The van der Waals surface area contributed by atoms with Gasteiger partial charge < -0.3 is 10.4 Å². The van der Waals surface area contributed by atoms with Crippen LogP contribution in [0.5, 0.6) is 0 Å². The summed E-state index contributed by atoms with van der Waals surface area (Å²) in [7, 11) is 0. The molecule has 0 aliphatic carbocycles. The van der Waals surface area contributed by atoms with Crippen molar-refractivity contribution in [2.45, 2.75) is 18.9 Å². The van der Waals surface area contributed by atoms with Crippen molar-refractivity contribution in [2.75, 3.05) is 26.2 Å². The molecule has 1 aliphatic heterocycles. The number of aliphatic hydroxyl groups excluding tert-OH is 1. The van der Waals surface area contributed by atoms with Crippen LogP contribution in [0.3, 0.4) is 0 Å². The number of rotatable bonds is 6. The van der Waals surface area contributed by atoms with Gasteiger partial charge in [-0.05, 0) is 19.4 Å². The zero-order chi connectivity index (χ0) is 14.4. The van der Waals surface area contributed by atoms with Gasteiger partial charge >= 0.3 is 0 Å². The molecular formula is C15H20N2O3. The maximum atomic E-state index is 11.8. The highest BCUT2D eigenvalue weighted by Gasteiger charge is 2.25. The lowest BCUT2D eigenvalue weighted by molar-refractivity contribution is -0.122. The van der Waals surface area contributed by atoms with E-state index in [1.807, 2.05) is 11.0 Å². The van der Waals surface area contributed by atoms with Crippen LogP contribution in [0.4, 0.5) is 0 Å². The number of Topliss-reactive ketones (excluding diaryl/α,β-unsaturated/α-hetero) is 1. The molecule has 2 N–H and O–H groups in total. The largest absolute Gasteiger partial charge is 0.395 e. The van der Waals surface area contributed by atoms with E-state index in [9.17, 15) is 14.7 Å². The minimum absolute atomic E-state index is 0.0144. The van der Waals surface area contributed by atoms with Gasteiger partial charge in [0.15, 0.2) is 5.78 Å². The summed E-state index contributed by atoms with van der Waals surface area (Å²) in [6.07, 6.45) is 1.92. The number of hydrogen-bond donors (Lipinski definition) is 2. The summed E-state index contributed by atoms with van der Waals surface area (Å²) in [5.74, 6) is -0.270. The molecule has 1 saturated heterocycles. The normalized spacial score (nSPS) is 18.9. The predicted octanol–water partition coefficient (Wildman–Crippen LogP) is 0.442. The Labute approximate surface area is 118 Å². The van der Waals surface area contributed by atoms with Crippen LogP contribution in [0.15, 0.2) is 30.3 Å². The highest BCUT2D eigenvalue weighted by atomic mass is 16.3. The number of nitrogens with one attached hydrogen (secondary N) is 1. The molecule has 1 heterocycles. The molecule has 2 rings (SSSR count). The second kappa shape index (κ2) is 7.17. The van der Waals surface area contributed by atoms with Crippen molar-refractivity contribution in [3.8, 4) is 0 Å². The molecule has 5 nitrogen and oxygen atoms in total. The van der Waals surface area contributed by atoms with Crippen molar-refractivity contribution in [2.24, 2.45) is 0 Å². The fourth-order valence-corrected chi connectivity index (χ4v) is 2.46. The second-order valence-corrected chi connectivity index (χ2v) is 5.02. The van der Waals surface area contributed by atoms with Gasteiger partial charge in [-0.1, -0.05) is 30.3 Å². The maximum absolute atomic E-state index is 11.8. The van der Waals surface area contributed by atoms with Crippen molar-refractivity contribution in [3.05, 3.63) is 35.9 Å². The molecule has 20 heavy (non-hydrogen) atoms. The lowest BCUT2D eigenvalue weighted by Gasteiger charge is -2.21. The topological polar surface area (TPSA) is 69.6 Å². The molecule has 1 aliphatic rings. The fraction of sp³-hybridized carbons (Fsp3) is 0.467. The van der Waals surface area contributed by atoms with E-state index in [-0.39, 0.29) is 37.4 Å². The van der Waals surface area contributed by atoms with Gasteiger partial charge in [0.25, 0.3) is 0 Å². The molecule has 1 aromatic carbocycles. The Morgan fingerprint density at radius 3 is 2.75 bits per heavy atom. The Kier molecular flexibility index (Phi) is 5.26. The first-order valence-corrected chi connectivity index (χ1v) is 6.90. The minimum Gasteiger partial charge on any atom is -0.395 e. The average Bonchev–Trinajstić information content (AvgIpc) is 2.92. The smallest absolute Gasteiger partial charge is 0.234 e. The van der Waals surface area contributed by atoms with Crippen LogP contribution < -0.4 is 5.32 Å². The SMILES string of the molecule is O=C(CN1CCCC1CO)NCC(=O)c1ccccc1. The number of likely N-dealkylation sites (tertiary alicyclic amines) is 1. The zero-order valence-electron chi connectivity index (χ0n) is 11.4. The Balaban J connectivity index is 1.76. The van der Waals surface area contributed by atoms with Crippen LogP contribution in [0, 0.1) is 0 Å². The molecule has 1 aromatic rings. The number of carbonyl (C=O) groups is 2. The van der Waals surface area contributed by atoms with E-state index in [0.717, 1.165) is 19.4 Å². The third-order valence-electron chi connectivity index (χ3n) is 3.60. The summed E-state index contributed by atoms with van der Waals surface area (Å²) in [5.41, 5.74) is 0.599. The van der Waals surface area contributed by atoms with Gasteiger partial charge in [-0.3, -0.25) is 14.5 Å². The number of ketones is 1. The number of aliphatic hydroxyl groups is 1. The first kappa shape index (κ1) is 14.7. The maximum Gasteiger partial charge on any atom is 0.234 e. The third kappa shape index (κ3) is 3.88. The van der Waals surface area contributed by atoms with E-state index in [0.29, 0.717) is 5.56 Å². The molecule has 1 unspecified atom stereocenters. The van der Waals surface area contributed by atoms with Crippen LogP contribution in [0.2, 0.25) is 0 Å². The number of nitrogens with zero attached hydrogens (tertiary/aromatic N) is 1. The number of amides is 1. The minimum atomic E-state index is -0.172. The molecule has 1 amide bonds. The molecule has 0 aromatic heterocycles. The van der Waals surface area contributed by atoms with Crippen molar-refractivity contribution in [1.29, 1.82) is 0 Å². The van der Waals surface area contributed by atoms with Crippen LogP contribution in [0.1, 0.15) is 23.2 Å². The molecule has 0 spiro atoms. The Bertz CT molecular complexity index is 461. The number of hydrogen-bond acceptors (Lipinski definition) is 4. The molecule has 108 valence electrons. The molecule has 1 atom stereocenters. The Hall–Kier alpha value is -1.72. The first-order valence-electron chi connectivity index (χ1n) is 6.90. The van der Waals surface area contributed by atoms with E-state index in [1.165, 1.54) is 0 Å². The highest BCUT2D eigenvalue weighted by Crippen LogP contribution is 2.15. The van der Waals surface area contributed by atoms with Crippen molar-refractivity contribution >= 4 is 11.7 Å². The van der Waals surface area contributed by atoms with E-state index in [1.54, 1.807) is 24.3 Å². The summed E-state index contributed by atoms with van der Waals surface area (Å²) >= 11 is 0. The summed E-state index contributed by atoms with van der Waals surface area (Å²) in [5, 5.41) is 11.8. The summed E-state index contributed by atoms with van der Waals surface area (Å²) in [4.78, 5) is 25.6. The predicted molar refractivity (Wildman–Crippen MR) is 75.5 cm³/mol. The van der Waals surface area contributed by atoms with E-state index < -0.39 is 0 Å². The molecule has 0 saturated carbocycles. The van der Waals surface area contributed by atoms with Gasteiger partial charge in [0.05, 0.1) is 19.7 Å². The molecule has 5 heteroatoms. The van der Waals surface area contributed by atoms with Gasteiger partial charge in [0.2, 0.25) is 5.91 Å². The van der Waals surface area contributed by atoms with E-state index in [4.69, 9.17) is 0 Å². The van der Waals surface area contributed by atoms with Crippen LogP contribution in [0.25, 0.3) is 0 Å². The molecule has 0 bridgehead atoms. The quantitative estimate of drug-likeness (QED) is 0.740. The van der Waals surface area contributed by atoms with E-state index >= 15 is 0 Å². The average molecular weight is 276 g/mol. The lowest BCUT2D eigenvalue weighted by Crippen LogP contribution is -2.42. The van der Waals surface area contributed by atoms with Gasteiger partial charge in [-0.2, -0.15) is 0 Å². The standard InChI is InChI=1S/C15H20N2O3/c18-11-13-7-4-8-17(13)10-15(20)16-9-14(19)12-5-2-1-3-6-12/h1-3,5-6,13,18H,4,7-11H2,(H,16,20). The third-order valence-corrected chi connectivity index (χ3v) is 3.60. The highest BCUT2D eigenvalue weighted by molar-refractivity contribution is 5.99. The fourth-order valence-electron chi connectivity index (χ4n) is 2.46. The van der Waals surface area contributed by atoms with Gasteiger partial charge in [0.1, 0.15) is 0 Å². The zero-order valence-corrected chi connectivity index (χ0v) is 11.4. The monoisotopic (exact) mass is 276 g/mol. The Morgan fingerprint density at radius 2 is 2.05 bits per heavy atom. The van der Waals surface area contributed by atoms with Crippen molar-refractivity contribution in [3.63, 3.8) is 0 Å². The Morgan fingerprint density at radius 1 is 1.30 bits per heavy atom. The summed E-state index contributed by atoms with van der Waals surface area (Å²) < 4.78 is 0. The van der Waals surface area contributed by atoms with Crippen LogP contribution in [-0.4, -0.2) is 54.0 Å². The van der Waals surface area contributed by atoms with Crippen molar-refractivity contribution in [1.82, 2.24) is 10.2 Å². The second-order valence-electron chi connectivity index (χ2n) is 5.02. The summed E-state index contributed by atoms with van der Waals surface area (Å²) in [6.45, 7) is 1.16. The molecular weight excluding hydrogens is 256 g/mol. The van der Waals surface area contributed by atoms with Gasteiger partial charge in [-0.25, -0.2) is 0 Å². The van der Waals surface area contributed by atoms with Crippen LogP contribution in [-0.2, 0) is 4.79 Å². The van der Waals surface area contributed by atoms with E-state index in [2.05, 4.69) is 5.32 Å². The van der Waals surface area contributed by atoms with Crippen molar-refractivity contribution < 1.29 is 14.7 Å². The molecule has 1 fully saturated rings. The van der Waals surface area contributed by atoms with Crippen LogP contribution >= 0.6 is 0 Å². The first-order chi connectivity index (χ1) is 9.70. The van der Waals surface area contributed by atoms with Gasteiger partial charge in [-0.15, -0.1) is 0 Å². The number of carbonyl (C=O) groups excluding carboxylic acids is 2. The number of benzene rings is 1. The summed E-state index contributed by atoms with van der Waals surface area (Å²) in [6, 6.07) is 8.98.